The molecule has 0 saturated carbocycles. The second kappa shape index (κ2) is 9.92. The number of hydrogen-bond donors (Lipinski definition) is 2. The number of nitrogens with zero attached hydrogens (tertiary/aromatic N) is 2. The van der Waals surface area contributed by atoms with Gasteiger partial charge < -0.3 is 20.0 Å². The Labute approximate surface area is 179 Å². The van der Waals surface area contributed by atoms with Gasteiger partial charge in [-0.05, 0) is 103 Å². The minimum absolute atomic E-state index is 0.324. The number of aryl methyl sites for hydroxylation is 2. The van der Waals surface area contributed by atoms with Crippen molar-refractivity contribution in [3.05, 3.63) is 55.5 Å². The molecular formula is C21H28Br2N2O2. The summed E-state index contributed by atoms with van der Waals surface area (Å²) in [5.41, 5.74) is 4.14. The van der Waals surface area contributed by atoms with Crippen molar-refractivity contribution in [1.82, 2.24) is 9.80 Å². The van der Waals surface area contributed by atoms with Crippen molar-refractivity contribution in [2.75, 3.05) is 27.2 Å². The molecule has 0 aromatic heterocycles. The molecule has 0 aliphatic carbocycles. The van der Waals surface area contributed by atoms with Crippen LogP contribution in [-0.4, -0.2) is 47.2 Å². The maximum Gasteiger partial charge on any atom is 0.134 e. The molecule has 0 unspecified atom stereocenters. The minimum Gasteiger partial charge on any atom is -0.506 e. The van der Waals surface area contributed by atoms with Gasteiger partial charge in [0, 0.05) is 24.2 Å². The summed E-state index contributed by atoms with van der Waals surface area (Å²) < 4.78 is 1.49. The van der Waals surface area contributed by atoms with Crippen molar-refractivity contribution >= 4 is 31.9 Å². The summed E-state index contributed by atoms with van der Waals surface area (Å²) in [5.74, 6) is 0.648. The Morgan fingerprint density at radius 2 is 1.11 bits per heavy atom. The van der Waals surface area contributed by atoms with Crippen LogP contribution >= 0.6 is 31.9 Å². The van der Waals surface area contributed by atoms with E-state index in [9.17, 15) is 10.2 Å². The number of benzene rings is 2. The van der Waals surface area contributed by atoms with Crippen LogP contribution in [0, 0.1) is 13.8 Å². The van der Waals surface area contributed by atoms with E-state index in [1.165, 1.54) is 0 Å². The lowest BCUT2D eigenvalue weighted by atomic mass is 10.1. The Hall–Kier alpha value is -1.08. The lowest BCUT2D eigenvalue weighted by Gasteiger charge is -2.22. The highest BCUT2D eigenvalue weighted by molar-refractivity contribution is 9.10. The molecular weight excluding hydrogens is 472 g/mol. The molecule has 0 radical (unpaired) electrons. The summed E-state index contributed by atoms with van der Waals surface area (Å²) in [6.07, 6.45) is 1.01. The normalized spacial score (nSPS) is 11.6. The van der Waals surface area contributed by atoms with E-state index in [2.05, 4.69) is 55.8 Å². The molecule has 2 rings (SSSR count). The van der Waals surface area contributed by atoms with E-state index in [0.717, 1.165) is 50.7 Å². The van der Waals surface area contributed by atoms with Crippen LogP contribution in [0.4, 0.5) is 0 Å². The number of phenolic OH excluding ortho intramolecular Hbond substituents is 2. The first-order chi connectivity index (χ1) is 12.7. The fraction of sp³-hybridized carbons (Fsp3) is 0.429. The van der Waals surface area contributed by atoms with Gasteiger partial charge in [-0.25, -0.2) is 0 Å². The molecule has 0 heterocycles. The Balaban J connectivity index is 1.84. The van der Waals surface area contributed by atoms with Gasteiger partial charge in [-0.15, -0.1) is 0 Å². The maximum atomic E-state index is 10.2. The van der Waals surface area contributed by atoms with Gasteiger partial charge in [0.2, 0.25) is 0 Å². The van der Waals surface area contributed by atoms with Gasteiger partial charge >= 0.3 is 0 Å². The highest BCUT2D eigenvalue weighted by atomic mass is 79.9. The van der Waals surface area contributed by atoms with E-state index in [0.29, 0.717) is 24.6 Å². The number of aromatic hydroxyl groups is 2. The molecule has 0 atom stereocenters. The van der Waals surface area contributed by atoms with Crippen molar-refractivity contribution in [1.29, 1.82) is 0 Å². The molecule has 2 aromatic carbocycles. The molecule has 0 aliphatic rings. The van der Waals surface area contributed by atoms with Crippen molar-refractivity contribution in [3.63, 3.8) is 0 Å². The van der Waals surface area contributed by atoms with E-state index < -0.39 is 0 Å². The fourth-order valence-electron chi connectivity index (χ4n) is 3.20. The Kier molecular flexibility index (Phi) is 8.16. The van der Waals surface area contributed by atoms with Crippen LogP contribution in [-0.2, 0) is 13.1 Å². The van der Waals surface area contributed by atoms with Gasteiger partial charge in [0.05, 0.1) is 8.95 Å². The number of halogens is 2. The first kappa shape index (κ1) is 22.2. The van der Waals surface area contributed by atoms with Crippen LogP contribution in [0.3, 0.4) is 0 Å². The summed E-state index contributed by atoms with van der Waals surface area (Å²) in [4.78, 5) is 4.44. The summed E-state index contributed by atoms with van der Waals surface area (Å²) in [7, 11) is 4.14. The highest BCUT2D eigenvalue weighted by Crippen LogP contribution is 2.31. The zero-order valence-electron chi connectivity index (χ0n) is 16.4. The monoisotopic (exact) mass is 498 g/mol. The second-order valence-electron chi connectivity index (χ2n) is 7.34. The Morgan fingerprint density at radius 1 is 0.741 bits per heavy atom. The fourth-order valence-corrected chi connectivity index (χ4v) is 4.44. The zero-order valence-corrected chi connectivity index (χ0v) is 19.6. The molecule has 6 heteroatoms. The van der Waals surface area contributed by atoms with Crippen LogP contribution in [0.25, 0.3) is 0 Å². The molecule has 0 spiro atoms. The van der Waals surface area contributed by atoms with Crippen LogP contribution < -0.4 is 0 Å². The number of hydrogen-bond acceptors (Lipinski definition) is 4. The van der Waals surface area contributed by atoms with E-state index >= 15 is 0 Å². The smallest absolute Gasteiger partial charge is 0.134 e. The largest absolute Gasteiger partial charge is 0.506 e. The molecule has 2 N–H and O–H groups in total. The third-order valence-electron chi connectivity index (χ3n) is 4.53. The summed E-state index contributed by atoms with van der Waals surface area (Å²) in [6, 6.07) is 7.90. The summed E-state index contributed by atoms with van der Waals surface area (Å²) in [6.45, 7) is 7.34. The van der Waals surface area contributed by atoms with Crippen molar-refractivity contribution in [2.24, 2.45) is 0 Å². The highest BCUT2D eigenvalue weighted by Gasteiger charge is 2.11. The molecule has 0 saturated heterocycles. The third-order valence-corrected chi connectivity index (χ3v) is 5.74. The zero-order chi connectivity index (χ0) is 20.1. The first-order valence-electron chi connectivity index (χ1n) is 9.00. The Morgan fingerprint density at radius 3 is 1.48 bits per heavy atom. The maximum absolute atomic E-state index is 10.2. The molecule has 0 aliphatic heterocycles. The van der Waals surface area contributed by atoms with Crippen LogP contribution in [0.5, 0.6) is 11.5 Å². The van der Waals surface area contributed by atoms with Crippen LogP contribution in [0.1, 0.15) is 28.7 Å². The minimum atomic E-state index is 0.324. The van der Waals surface area contributed by atoms with Crippen molar-refractivity contribution < 1.29 is 10.2 Å². The van der Waals surface area contributed by atoms with Crippen LogP contribution in [0.15, 0.2) is 33.2 Å². The average Bonchev–Trinajstić information content (AvgIpc) is 2.56. The third kappa shape index (κ3) is 6.49. The molecule has 2 aromatic rings. The predicted molar refractivity (Wildman–Crippen MR) is 118 cm³/mol. The second-order valence-corrected chi connectivity index (χ2v) is 9.05. The van der Waals surface area contributed by atoms with Crippen molar-refractivity contribution in [2.45, 2.75) is 33.4 Å². The molecule has 148 valence electrons. The number of rotatable bonds is 8. The van der Waals surface area contributed by atoms with Gasteiger partial charge in [-0.1, -0.05) is 12.1 Å². The number of phenols is 2. The Bertz CT molecular complexity index is 731. The average molecular weight is 500 g/mol. The predicted octanol–water partition coefficient (Wildman–Crippen LogP) is 5.19. The topological polar surface area (TPSA) is 46.9 Å². The summed E-state index contributed by atoms with van der Waals surface area (Å²) in [5, 5.41) is 20.4. The van der Waals surface area contributed by atoms with Crippen molar-refractivity contribution in [3.8, 4) is 11.5 Å². The van der Waals surface area contributed by atoms with Crippen LogP contribution in [0.2, 0.25) is 0 Å². The van der Waals surface area contributed by atoms with Gasteiger partial charge in [0.25, 0.3) is 0 Å². The van der Waals surface area contributed by atoms with E-state index in [1.54, 1.807) is 0 Å². The van der Waals surface area contributed by atoms with Gasteiger partial charge in [-0.3, -0.25) is 0 Å². The SMILES string of the molecule is Cc1cc(Br)c(O)c(CN(C)CCCN(C)Cc2cc(C)cc(Br)c2O)c1. The lowest BCUT2D eigenvalue weighted by molar-refractivity contribution is 0.266. The van der Waals surface area contributed by atoms with E-state index in [1.807, 2.05) is 38.1 Å². The standard InChI is InChI=1S/C21H28Br2N2O2/c1-14-8-16(20(26)18(22)10-14)12-24(3)6-5-7-25(4)13-17-9-15(2)11-19(23)21(17)27/h8-11,26-27H,5-7,12-13H2,1-4H3. The first-order valence-corrected chi connectivity index (χ1v) is 10.6. The molecule has 4 nitrogen and oxygen atoms in total. The molecule has 0 amide bonds. The van der Waals surface area contributed by atoms with Gasteiger partial charge in [0.15, 0.2) is 0 Å². The van der Waals surface area contributed by atoms with E-state index in [-0.39, 0.29) is 0 Å². The van der Waals surface area contributed by atoms with Gasteiger partial charge in [-0.2, -0.15) is 0 Å². The lowest BCUT2D eigenvalue weighted by Crippen LogP contribution is -2.25. The van der Waals surface area contributed by atoms with E-state index in [4.69, 9.17) is 0 Å². The molecule has 0 fully saturated rings. The molecule has 27 heavy (non-hydrogen) atoms. The quantitative estimate of drug-likeness (QED) is 0.524. The van der Waals surface area contributed by atoms with Gasteiger partial charge in [0.1, 0.15) is 11.5 Å². The molecule has 0 bridgehead atoms. The summed E-state index contributed by atoms with van der Waals surface area (Å²) >= 11 is 6.81.